The molecule has 3 rings (SSSR count). The summed E-state index contributed by atoms with van der Waals surface area (Å²) in [5.74, 6) is -0.582. The van der Waals surface area contributed by atoms with Crippen LogP contribution >= 0.6 is 0 Å². The van der Waals surface area contributed by atoms with E-state index in [1.165, 1.54) is 6.20 Å². The summed E-state index contributed by atoms with van der Waals surface area (Å²) in [7, 11) is 1.55. The van der Waals surface area contributed by atoms with Gasteiger partial charge in [0.05, 0.1) is 23.5 Å². The largest absolute Gasteiger partial charge is 0.497 e. The van der Waals surface area contributed by atoms with Crippen LogP contribution in [-0.4, -0.2) is 41.2 Å². The molecule has 0 radical (unpaired) electrons. The number of carboxylic acids is 1. The van der Waals surface area contributed by atoms with Crippen LogP contribution in [0.2, 0.25) is 0 Å². The number of carboxylic acid groups (broad SMARTS) is 1. The quantitative estimate of drug-likeness (QED) is 0.677. The van der Waals surface area contributed by atoms with Crippen molar-refractivity contribution in [1.82, 2.24) is 4.98 Å². The fourth-order valence-electron chi connectivity index (χ4n) is 3.09. The number of hydrogen-bond acceptors (Lipinski definition) is 6. The number of rotatable bonds is 4. The summed E-state index contributed by atoms with van der Waals surface area (Å²) < 4.78 is 5.17. The number of methoxy groups -OCH3 is 1. The zero-order valence-electron chi connectivity index (χ0n) is 13.1. The van der Waals surface area contributed by atoms with Crippen LogP contribution in [0.5, 0.6) is 5.75 Å². The van der Waals surface area contributed by atoms with Crippen molar-refractivity contribution in [1.29, 1.82) is 0 Å². The van der Waals surface area contributed by atoms with E-state index in [0.717, 1.165) is 0 Å². The highest BCUT2D eigenvalue weighted by Gasteiger charge is 2.29. The molecule has 1 fully saturated rings. The van der Waals surface area contributed by atoms with E-state index in [2.05, 4.69) is 4.98 Å². The number of piperidine rings is 1. The number of carbonyl (C=O) groups is 1. The molecule has 2 aromatic rings. The Labute approximate surface area is 137 Å². The minimum Gasteiger partial charge on any atom is -0.497 e. The average molecular weight is 331 g/mol. The van der Waals surface area contributed by atoms with Gasteiger partial charge in [0.25, 0.3) is 0 Å². The molecule has 1 saturated heterocycles. The van der Waals surface area contributed by atoms with Crippen molar-refractivity contribution in [2.45, 2.75) is 12.8 Å². The van der Waals surface area contributed by atoms with Gasteiger partial charge in [0.2, 0.25) is 0 Å². The van der Waals surface area contributed by atoms with Gasteiger partial charge in [-0.05, 0) is 25.0 Å². The van der Waals surface area contributed by atoms with Gasteiger partial charge in [-0.15, -0.1) is 0 Å². The minimum absolute atomic E-state index is 0.0681. The zero-order valence-corrected chi connectivity index (χ0v) is 13.1. The normalized spacial score (nSPS) is 15.5. The molecule has 0 bridgehead atoms. The molecule has 0 spiro atoms. The molecule has 1 N–H and O–H groups in total. The summed E-state index contributed by atoms with van der Waals surface area (Å²) in [6.07, 6.45) is 2.18. The third kappa shape index (κ3) is 2.82. The molecule has 1 aromatic carbocycles. The Morgan fingerprint density at radius 3 is 2.71 bits per heavy atom. The highest BCUT2D eigenvalue weighted by Crippen LogP contribution is 2.38. The second-order valence-corrected chi connectivity index (χ2v) is 5.73. The van der Waals surface area contributed by atoms with Crippen LogP contribution in [0.25, 0.3) is 10.9 Å². The van der Waals surface area contributed by atoms with Crippen LogP contribution < -0.4 is 9.64 Å². The number of nitrogens with zero attached hydrogens (tertiary/aromatic N) is 3. The molecule has 8 nitrogen and oxygen atoms in total. The summed E-state index contributed by atoms with van der Waals surface area (Å²) in [6.45, 7) is 0.923. The molecule has 1 aliphatic heterocycles. The Bertz CT molecular complexity index is 800. The molecule has 24 heavy (non-hydrogen) atoms. The van der Waals surface area contributed by atoms with Crippen molar-refractivity contribution in [3.8, 4) is 5.75 Å². The second kappa shape index (κ2) is 6.31. The van der Waals surface area contributed by atoms with Gasteiger partial charge in [-0.25, -0.2) is 4.98 Å². The number of nitro groups is 1. The minimum atomic E-state index is -0.812. The standard InChI is InChI=1S/C16H17N3O5/c1-24-11-2-3-12-13(8-11)17-9-14(19(22)23)15(12)18-6-4-10(5-7-18)16(20)21/h2-3,8-10H,4-7H2,1H3,(H,20,21). The lowest BCUT2D eigenvalue weighted by Gasteiger charge is -2.32. The van der Waals surface area contributed by atoms with Crippen LogP contribution in [-0.2, 0) is 4.79 Å². The van der Waals surface area contributed by atoms with Crippen LogP contribution in [0.15, 0.2) is 24.4 Å². The molecule has 1 aromatic heterocycles. The van der Waals surface area contributed by atoms with Crippen molar-refractivity contribution >= 4 is 28.2 Å². The molecular weight excluding hydrogens is 314 g/mol. The molecular formula is C16H17N3O5. The summed E-state index contributed by atoms with van der Waals surface area (Å²) >= 11 is 0. The first-order chi connectivity index (χ1) is 11.5. The van der Waals surface area contributed by atoms with Gasteiger partial charge in [-0.1, -0.05) is 0 Å². The number of anilines is 1. The third-order valence-electron chi connectivity index (χ3n) is 4.39. The predicted octanol–water partition coefficient (Wildman–Crippen LogP) is 2.45. The Morgan fingerprint density at radius 1 is 1.42 bits per heavy atom. The molecule has 1 aliphatic rings. The van der Waals surface area contributed by atoms with Crippen LogP contribution in [0.4, 0.5) is 11.4 Å². The SMILES string of the molecule is COc1ccc2c(N3CCC(C(=O)O)CC3)c([N+](=O)[O-])cnc2c1. The van der Waals surface area contributed by atoms with E-state index >= 15 is 0 Å². The third-order valence-corrected chi connectivity index (χ3v) is 4.39. The van der Waals surface area contributed by atoms with E-state index in [0.29, 0.717) is 48.3 Å². The van der Waals surface area contributed by atoms with E-state index in [4.69, 9.17) is 9.84 Å². The van der Waals surface area contributed by atoms with Crippen LogP contribution in [0.1, 0.15) is 12.8 Å². The first-order valence-corrected chi connectivity index (χ1v) is 7.60. The monoisotopic (exact) mass is 331 g/mol. The maximum atomic E-state index is 11.4. The van der Waals surface area contributed by atoms with Gasteiger partial charge in [-0.3, -0.25) is 14.9 Å². The van der Waals surface area contributed by atoms with Crippen molar-refractivity contribution in [2.24, 2.45) is 5.92 Å². The van der Waals surface area contributed by atoms with Crippen molar-refractivity contribution in [3.63, 3.8) is 0 Å². The predicted molar refractivity (Wildman–Crippen MR) is 87.5 cm³/mol. The fourth-order valence-corrected chi connectivity index (χ4v) is 3.09. The number of fused-ring (bicyclic) bond motifs is 1. The number of ether oxygens (including phenoxy) is 1. The molecule has 0 unspecified atom stereocenters. The van der Waals surface area contributed by atoms with Crippen molar-refractivity contribution < 1.29 is 19.6 Å². The van der Waals surface area contributed by atoms with Gasteiger partial charge in [0, 0.05) is 24.5 Å². The number of aromatic nitrogens is 1. The first-order valence-electron chi connectivity index (χ1n) is 7.60. The van der Waals surface area contributed by atoms with Crippen LogP contribution in [0.3, 0.4) is 0 Å². The van der Waals surface area contributed by atoms with E-state index in [9.17, 15) is 14.9 Å². The highest BCUT2D eigenvalue weighted by atomic mass is 16.6. The van der Waals surface area contributed by atoms with Gasteiger partial charge in [0.1, 0.15) is 17.6 Å². The molecule has 126 valence electrons. The second-order valence-electron chi connectivity index (χ2n) is 5.73. The molecule has 0 atom stereocenters. The van der Waals surface area contributed by atoms with Gasteiger partial charge in [-0.2, -0.15) is 0 Å². The number of hydrogen-bond donors (Lipinski definition) is 1. The first kappa shape index (κ1) is 16.0. The fraction of sp³-hybridized carbons (Fsp3) is 0.375. The smallest absolute Gasteiger partial charge is 0.311 e. The summed E-state index contributed by atoms with van der Waals surface area (Å²) in [5.41, 5.74) is 1.04. The Morgan fingerprint density at radius 2 is 2.12 bits per heavy atom. The number of pyridine rings is 1. The Hall–Kier alpha value is -2.90. The lowest BCUT2D eigenvalue weighted by Crippen LogP contribution is -2.36. The maximum Gasteiger partial charge on any atom is 0.311 e. The van der Waals surface area contributed by atoms with Crippen molar-refractivity contribution in [3.05, 3.63) is 34.5 Å². The maximum absolute atomic E-state index is 11.4. The van der Waals surface area contributed by atoms with E-state index < -0.39 is 16.8 Å². The lowest BCUT2D eigenvalue weighted by atomic mass is 9.96. The Balaban J connectivity index is 2.05. The molecule has 0 saturated carbocycles. The van der Waals surface area contributed by atoms with E-state index in [-0.39, 0.29) is 5.69 Å². The van der Waals surface area contributed by atoms with Gasteiger partial charge >= 0.3 is 11.7 Å². The van der Waals surface area contributed by atoms with Gasteiger partial charge < -0.3 is 14.7 Å². The summed E-state index contributed by atoms with van der Waals surface area (Å²) in [4.78, 5) is 28.1. The van der Waals surface area contributed by atoms with E-state index in [1.54, 1.807) is 25.3 Å². The van der Waals surface area contributed by atoms with Crippen LogP contribution in [0, 0.1) is 16.0 Å². The molecule has 0 aliphatic carbocycles. The summed E-state index contributed by atoms with van der Waals surface area (Å²) in [6, 6.07) is 5.22. The molecule has 2 heterocycles. The van der Waals surface area contributed by atoms with Crippen molar-refractivity contribution in [2.75, 3.05) is 25.1 Å². The topological polar surface area (TPSA) is 106 Å². The van der Waals surface area contributed by atoms with E-state index in [1.807, 2.05) is 4.90 Å². The highest BCUT2D eigenvalue weighted by molar-refractivity contribution is 5.97. The van der Waals surface area contributed by atoms with Gasteiger partial charge in [0.15, 0.2) is 0 Å². The molecule has 0 amide bonds. The lowest BCUT2D eigenvalue weighted by molar-refractivity contribution is -0.384. The number of benzene rings is 1. The average Bonchev–Trinajstić information content (AvgIpc) is 2.60. The Kier molecular flexibility index (Phi) is 4.20. The summed E-state index contributed by atoms with van der Waals surface area (Å²) in [5, 5.41) is 21.2. The zero-order chi connectivity index (χ0) is 17.3. The molecule has 8 heteroatoms. The number of aliphatic carboxylic acids is 1.